The van der Waals surface area contributed by atoms with E-state index >= 15 is 0 Å². The smallest absolute Gasteiger partial charge is 0.257 e. The van der Waals surface area contributed by atoms with Gasteiger partial charge in [-0.3, -0.25) is 9.78 Å². The summed E-state index contributed by atoms with van der Waals surface area (Å²) in [6.45, 7) is 3.99. The van der Waals surface area contributed by atoms with Crippen LogP contribution in [0.1, 0.15) is 21.5 Å². The number of rotatable bonds is 3. The van der Waals surface area contributed by atoms with E-state index in [0.29, 0.717) is 5.56 Å². The minimum Gasteiger partial charge on any atom is -0.322 e. The van der Waals surface area contributed by atoms with E-state index in [4.69, 9.17) is 0 Å². The Labute approximate surface area is 133 Å². The van der Waals surface area contributed by atoms with Crippen LogP contribution in [0.4, 0.5) is 5.69 Å². The van der Waals surface area contributed by atoms with Crippen molar-refractivity contribution in [3.8, 4) is 10.6 Å². The Balaban J connectivity index is 1.95. The van der Waals surface area contributed by atoms with E-state index in [-0.39, 0.29) is 5.91 Å². The number of nitrogens with one attached hydrogen (secondary N) is 1. The van der Waals surface area contributed by atoms with Gasteiger partial charge in [0.05, 0.1) is 16.1 Å². The lowest BCUT2D eigenvalue weighted by Gasteiger charge is -2.11. The molecule has 0 aliphatic heterocycles. The predicted molar refractivity (Wildman–Crippen MR) is 91.4 cm³/mol. The van der Waals surface area contributed by atoms with Crippen LogP contribution in [0.3, 0.4) is 0 Å². The molecule has 0 fully saturated rings. The van der Waals surface area contributed by atoms with E-state index in [1.807, 2.05) is 55.6 Å². The Morgan fingerprint density at radius 2 is 2.00 bits per heavy atom. The number of benzene rings is 1. The molecule has 3 rings (SSSR count). The number of thiophene rings is 1. The van der Waals surface area contributed by atoms with Crippen molar-refractivity contribution in [3.63, 3.8) is 0 Å². The van der Waals surface area contributed by atoms with E-state index in [0.717, 1.165) is 27.4 Å². The van der Waals surface area contributed by atoms with E-state index in [1.165, 1.54) is 0 Å². The molecule has 0 radical (unpaired) electrons. The van der Waals surface area contributed by atoms with Gasteiger partial charge < -0.3 is 5.32 Å². The van der Waals surface area contributed by atoms with E-state index in [1.54, 1.807) is 23.6 Å². The summed E-state index contributed by atoms with van der Waals surface area (Å²) in [7, 11) is 0. The van der Waals surface area contributed by atoms with Crippen molar-refractivity contribution in [2.24, 2.45) is 0 Å². The number of carbonyl (C=O) groups is 1. The molecule has 0 aliphatic rings. The molecule has 0 spiro atoms. The summed E-state index contributed by atoms with van der Waals surface area (Å²) in [6, 6.07) is 13.6. The van der Waals surface area contributed by atoms with Gasteiger partial charge in [0.2, 0.25) is 0 Å². The van der Waals surface area contributed by atoms with Crippen molar-refractivity contribution < 1.29 is 4.79 Å². The SMILES string of the molecule is Cc1ccc(C)c(NC(=O)c2cccnc2-c2cccs2)c1. The molecule has 0 atom stereocenters. The van der Waals surface area contributed by atoms with Crippen LogP contribution in [0.5, 0.6) is 0 Å². The fourth-order valence-electron chi connectivity index (χ4n) is 2.26. The van der Waals surface area contributed by atoms with Crippen LogP contribution in [0, 0.1) is 13.8 Å². The van der Waals surface area contributed by atoms with Crippen molar-refractivity contribution in [2.75, 3.05) is 5.32 Å². The van der Waals surface area contributed by atoms with Gasteiger partial charge >= 0.3 is 0 Å². The van der Waals surface area contributed by atoms with Crippen molar-refractivity contribution in [1.29, 1.82) is 0 Å². The Kier molecular flexibility index (Phi) is 4.02. The third-order valence-corrected chi connectivity index (χ3v) is 4.32. The lowest BCUT2D eigenvalue weighted by molar-refractivity contribution is 0.102. The standard InChI is InChI=1S/C18H16N2OS/c1-12-7-8-13(2)15(11-12)20-18(21)14-5-3-9-19-17(14)16-6-4-10-22-16/h3-11H,1-2H3,(H,20,21). The zero-order valence-corrected chi connectivity index (χ0v) is 13.3. The molecule has 0 saturated heterocycles. The number of amides is 1. The highest BCUT2D eigenvalue weighted by Crippen LogP contribution is 2.27. The Morgan fingerprint density at radius 1 is 1.14 bits per heavy atom. The zero-order chi connectivity index (χ0) is 15.5. The van der Waals surface area contributed by atoms with Crippen LogP contribution < -0.4 is 5.32 Å². The molecule has 2 heterocycles. The second-order valence-corrected chi connectivity index (χ2v) is 6.10. The number of anilines is 1. The monoisotopic (exact) mass is 308 g/mol. The van der Waals surface area contributed by atoms with Gasteiger partial charge in [-0.2, -0.15) is 0 Å². The van der Waals surface area contributed by atoms with Gasteiger partial charge in [-0.15, -0.1) is 11.3 Å². The summed E-state index contributed by atoms with van der Waals surface area (Å²) in [4.78, 5) is 18.0. The third-order valence-electron chi connectivity index (χ3n) is 3.45. The maximum Gasteiger partial charge on any atom is 0.257 e. The molecule has 0 saturated carbocycles. The lowest BCUT2D eigenvalue weighted by atomic mass is 10.1. The van der Waals surface area contributed by atoms with Crippen LogP contribution in [0.15, 0.2) is 54.0 Å². The van der Waals surface area contributed by atoms with Crippen LogP contribution >= 0.6 is 11.3 Å². The number of carbonyl (C=O) groups excluding carboxylic acids is 1. The van der Waals surface area contributed by atoms with E-state index < -0.39 is 0 Å². The molecule has 1 aromatic carbocycles. The second kappa shape index (κ2) is 6.12. The van der Waals surface area contributed by atoms with Gasteiger partial charge in [-0.05, 0) is 54.6 Å². The van der Waals surface area contributed by atoms with Crippen LogP contribution in [-0.2, 0) is 0 Å². The molecule has 3 aromatic rings. The maximum atomic E-state index is 12.6. The van der Waals surface area contributed by atoms with Crippen molar-refractivity contribution in [2.45, 2.75) is 13.8 Å². The maximum absolute atomic E-state index is 12.6. The number of aryl methyl sites for hydroxylation is 2. The fourth-order valence-corrected chi connectivity index (χ4v) is 2.99. The van der Waals surface area contributed by atoms with Gasteiger partial charge in [0.15, 0.2) is 0 Å². The lowest BCUT2D eigenvalue weighted by Crippen LogP contribution is -2.14. The van der Waals surface area contributed by atoms with E-state index in [2.05, 4.69) is 10.3 Å². The van der Waals surface area contributed by atoms with Crippen molar-refractivity contribution in [1.82, 2.24) is 4.98 Å². The molecular formula is C18H16N2OS. The summed E-state index contributed by atoms with van der Waals surface area (Å²) in [5.74, 6) is -0.134. The van der Waals surface area contributed by atoms with Crippen LogP contribution in [-0.4, -0.2) is 10.9 Å². The number of aromatic nitrogens is 1. The molecule has 3 nitrogen and oxygen atoms in total. The topological polar surface area (TPSA) is 42.0 Å². The molecule has 1 N–H and O–H groups in total. The first-order valence-corrected chi connectivity index (χ1v) is 7.90. The largest absolute Gasteiger partial charge is 0.322 e. The van der Waals surface area contributed by atoms with Crippen LogP contribution in [0.2, 0.25) is 0 Å². The minimum atomic E-state index is -0.134. The summed E-state index contributed by atoms with van der Waals surface area (Å²) in [5.41, 5.74) is 4.31. The van der Waals surface area contributed by atoms with Gasteiger partial charge in [-0.25, -0.2) is 0 Å². The first kappa shape index (κ1) is 14.5. The van der Waals surface area contributed by atoms with Crippen molar-refractivity contribution in [3.05, 3.63) is 70.7 Å². The number of nitrogens with zero attached hydrogens (tertiary/aromatic N) is 1. The molecule has 4 heteroatoms. The molecule has 2 aromatic heterocycles. The Hall–Kier alpha value is -2.46. The van der Waals surface area contributed by atoms with E-state index in [9.17, 15) is 4.79 Å². The van der Waals surface area contributed by atoms with Gasteiger partial charge in [0, 0.05) is 11.9 Å². The normalized spacial score (nSPS) is 10.5. The average Bonchev–Trinajstić information content (AvgIpc) is 3.05. The molecule has 0 bridgehead atoms. The summed E-state index contributed by atoms with van der Waals surface area (Å²) in [5, 5.41) is 4.98. The zero-order valence-electron chi connectivity index (χ0n) is 12.5. The van der Waals surface area contributed by atoms with Gasteiger partial charge in [-0.1, -0.05) is 18.2 Å². The number of hydrogen-bond donors (Lipinski definition) is 1. The van der Waals surface area contributed by atoms with Gasteiger partial charge in [0.25, 0.3) is 5.91 Å². The predicted octanol–water partition coefficient (Wildman–Crippen LogP) is 4.68. The first-order valence-electron chi connectivity index (χ1n) is 7.02. The Morgan fingerprint density at radius 3 is 2.77 bits per heavy atom. The average molecular weight is 308 g/mol. The summed E-state index contributed by atoms with van der Waals surface area (Å²) >= 11 is 1.58. The molecule has 1 amide bonds. The molecule has 0 aliphatic carbocycles. The third kappa shape index (κ3) is 2.92. The summed E-state index contributed by atoms with van der Waals surface area (Å²) < 4.78 is 0. The van der Waals surface area contributed by atoms with Crippen LogP contribution in [0.25, 0.3) is 10.6 Å². The minimum absolute atomic E-state index is 0.134. The first-order chi connectivity index (χ1) is 10.6. The summed E-state index contributed by atoms with van der Waals surface area (Å²) in [6.07, 6.45) is 1.71. The molecule has 22 heavy (non-hydrogen) atoms. The highest BCUT2D eigenvalue weighted by atomic mass is 32.1. The number of pyridine rings is 1. The highest BCUT2D eigenvalue weighted by molar-refractivity contribution is 7.13. The molecule has 110 valence electrons. The highest BCUT2D eigenvalue weighted by Gasteiger charge is 2.15. The Bertz CT molecular complexity index is 810. The quantitative estimate of drug-likeness (QED) is 0.763. The fraction of sp³-hybridized carbons (Fsp3) is 0.111. The second-order valence-electron chi connectivity index (χ2n) is 5.15. The molecule has 0 unspecified atom stereocenters. The van der Waals surface area contributed by atoms with Crippen molar-refractivity contribution >= 4 is 22.9 Å². The molecular weight excluding hydrogens is 292 g/mol. The number of hydrogen-bond acceptors (Lipinski definition) is 3. The van der Waals surface area contributed by atoms with Gasteiger partial charge in [0.1, 0.15) is 0 Å².